The largest absolute Gasteiger partial charge is 0.390 e. The van der Waals surface area contributed by atoms with Crippen molar-refractivity contribution in [3.8, 4) is 11.4 Å². The van der Waals surface area contributed by atoms with E-state index in [2.05, 4.69) is 22.1 Å². The first-order valence-electron chi connectivity index (χ1n) is 5.79. The average Bonchev–Trinajstić information content (AvgIpc) is 2.75. The Morgan fingerprint density at radius 2 is 1.94 bits per heavy atom. The molecule has 0 bridgehead atoms. The van der Waals surface area contributed by atoms with E-state index in [1.807, 2.05) is 24.3 Å². The normalized spacial score (nSPS) is 11.8. The molecule has 18 heavy (non-hydrogen) atoms. The second-order valence-electron chi connectivity index (χ2n) is 4.93. The van der Waals surface area contributed by atoms with E-state index >= 15 is 0 Å². The number of nitrogens with one attached hydrogen (secondary N) is 1. The maximum atomic E-state index is 9.65. The van der Waals surface area contributed by atoms with E-state index in [9.17, 15) is 5.11 Å². The zero-order valence-electron chi connectivity index (χ0n) is 10.8. The van der Waals surface area contributed by atoms with E-state index in [0.29, 0.717) is 10.9 Å². The summed E-state index contributed by atoms with van der Waals surface area (Å²) in [7, 11) is 0. The van der Waals surface area contributed by atoms with Crippen LogP contribution in [0.15, 0.2) is 29.4 Å². The fourth-order valence-electron chi connectivity index (χ4n) is 1.39. The third-order valence-electron chi connectivity index (χ3n) is 2.34. The molecule has 0 atom stereocenters. The molecule has 0 aliphatic heterocycles. The number of aromatic nitrogens is 3. The molecule has 0 aliphatic carbocycles. The number of hydrogen-bond donors (Lipinski definition) is 2. The van der Waals surface area contributed by atoms with Crippen LogP contribution in [0.2, 0.25) is 0 Å². The Balaban J connectivity index is 2.08. The fraction of sp³-hybridized carbons (Fsp3) is 0.385. The van der Waals surface area contributed by atoms with Gasteiger partial charge in [-0.05, 0) is 20.8 Å². The van der Waals surface area contributed by atoms with Crippen molar-refractivity contribution in [1.82, 2.24) is 15.2 Å². The van der Waals surface area contributed by atoms with Gasteiger partial charge in [0.25, 0.3) is 0 Å². The molecule has 1 heterocycles. The Morgan fingerprint density at radius 3 is 2.56 bits per heavy atom. The minimum absolute atomic E-state index is 0.568. The third-order valence-corrected chi connectivity index (χ3v) is 3.64. The summed E-state index contributed by atoms with van der Waals surface area (Å²) in [6, 6.07) is 8.11. The first-order chi connectivity index (χ1) is 8.44. The number of aliphatic hydroxyl groups is 1. The van der Waals surface area contributed by atoms with Crippen LogP contribution in [0, 0.1) is 6.92 Å². The Hall–Kier alpha value is -1.33. The Bertz CT molecular complexity index is 514. The van der Waals surface area contributed by atoms with Gasteiger partial charge < -0.3 is 5.11 Å². The van der Waals surface area contributed by atoms with Crippen molar-refractivity contribution in [2.75, 3.05) is 5.75 Å². The first kappa shape index (κ1) is 13.1. The number of hydrogen-bond acceptors (Lipinski definition) is 4. The third kappa shape index (κ3) is 3.58. The molecule has 0 spiro atoms. The van der Waals surface area contributed by atoms with Crippen molar-refractivity contribution in [2.24, 2.45) is 0 Å². The van der Waals surface area contributed by atoms with Crippen molar-refractivity contribution in [2.45, 2.75) is 31.5 Å². The van der Waals surface area contributed by atoms with Crippen molar-refractivity contribution >= 4 is 11.8 Å². The number of aromatic amines is 1. The van der Waals surface area contributed by atoms with Gasteiger partial charge in [0, 0.05) is 11.3 Å². The first-order valence-corrected chi connectivity index (χ1v) is 6.77. The summed E-state index contributed by atoms with van der Waals surface area (Å²) in [5.74, 6) is 1.33. The second-order valence-corrected chi connectivity index (χ2v) is 5.88. The van der Waals surface area contributed by atoms with Gasteiger partial charge in [0.15, 0.2) is 5.82 Å². The SMILES string of the molecule is Cc1ccc(-c2nc(SCC(C)(C)O)n[nH]2)cc1. The molecule has 0 aliphatic rings. The lowest BCUT2D eigenvalue weighted by Crippen LogP contribution is -2.21. The molecule has 0 saturated carbocycles. The van der Waals surface area contributed by atoms with Crippen LogP contribution in [-0.4, -0.2) is 31.6 Å². The number of nitrogens with zero attached hydrogens (tertiary/aromatic N) is 2. The number of thioether (sulfide) groups is 1. The van der Waals surface area contributed by atoms with Crippen LogP contribution in [-0.2, 0) is 0 Å². The van der Waals surface area contributed by atoms with Crippen molar-refractivity contribution in [1.29, 1.82) is 0 Å². The van der Waals surface area contributed by atoms with Gasteiger partial charge in [-0.3, -0.25) is 5.10 Å². The summed E-state index contributed by atoms with van der Waals surface area (Å²) >= 11 is 1.44. The molecular formula is C13H17N3OS. The van der Waals surface area contributed by atoms with Crippen LogP contribution in [0.5, 0.6) is 0 Å². The molecule has 2 rings (SSSR count). The number of rotatable bonds is 4. The summed E-state index contributed by atoms with van der Waals surface area (Å²) < 4.78 is 0. The van der Waals surface area contributed by atoms with Gasteiger partial charge in [0.1, 0.15) is 0 Å². The molecule has 0 saturated heterocycles. The lowest BCUT2D eigenvalue weighted by Gasteiger charge is -2.14. The van der Waals surface area contributed by atoms with Gasteiger partial charge in [-0.15, -0.1) is 5.10 Å². The summed E-state index contributed by atoms with van der Waals surface area (Å²) in [6.45, 7) is 5.59. The maximum Gasteiger partial charge on any atom is 0.208 e. The van der Waals surface area contributed by atoms with E-state index in [1.54, 1.807) is 13.8 Å². The summed E-state index contributed by atoms with van der Waals surface area (Å²) in [6.07, 6.45) is 0. The van der Waals surface area contributed by atoms with Crippen LogP contribution in [0.1, 0.15) is 19.4 Å². The van der Waals surface area contributed by atoms with Gasteiger partial charge in [-0.1, -0.05) is 41.6 Å². The Morgan fingerprint density at radius 1 is 1.28 bits per heavy atom. The van der Waals surface area contributed by atoms with Crippen LogP contribution < -0.4 is 0 Å². The standard InChI is InChI=1S/C13H17N3OS/c1-9-4-6-10(7-5-9)11-14-12(16-15-11)18-8-13(2,3)17/h4-7,17H,8H2,1-3H3,(H,14,15,16). The smallest absolute Gasteiger partial charge is 0.208 e. The summed E-state index contributed by atoms with van der Waals surface area (Å²) in [5, 5.41) is 17.4. The Labute approximate surface area is 111 Å². The van der Waals surface area contributed by atoms with Crippen molar-refractivity contribution < 1.29 is 5.11 Å². The van der Waals surface area contributed by atoms with E-state index < -0.39 is 5.60 Å². The quantitative estimate of drug-likeness (QED) is 0.832. The minimum atomic E-state index is -0.713. The predicted octanol–water partition coefficient (Wildman–Crippen LogP) is 2.64. The maximum absolute atomic E-state index is 9.65. The highest BCUT2D eigenvalue weighted by Crippen LogP contribution is 2.22. The lowest BCUT2D eigenvalue weighted by atomic mass is 10.1. The van der Waals surface area contributed by atoms with Gasteiger partial charge in [0.05, 0.1) is 5.60 Å². The molecule has 0 amide bonds. The van der Waals surface area contributed by atoms with Crippen LogP contribution in [0.4, 0.5) is 0 Å². The molecule has 4 nitrogen and oxygen atoms in total. The second kappa shape index (κ2) is 5.12. The zero-order valence-corrected chi connectivity index (χ0v) is 11.6. The van der Waals surface area contributed by atoms with E-state index in [0.717, 1.165) is 11.4 Å². The van der Waals surface area contributed by atoms with Crippen LogP contribution >= 0.6 is 11.8 Å². The molecule has 2 aromatic rings. The molecule has 0 unspecified atom stereocenters. The molecule has 1 aromatic carbocycles. The van der Waals surface area contributed by atoms with Gasteiger partial charge in [-0.25, -0.2) is 4.98 Å². The van der Waals surface area contributed by atoms with Gasteiger partial charge >= 0.3 is 0 Å². The minimum Gasteiger partial charge on any atom is -0.390 e. The molecular weight excluding hydrogens is 246 g/mol. The number of H-pyrrole nitrogens is 1. The lowest BCUT2D eigenvalue weighted by molar-refractivity contribution is 0.107. The number of aryl methyl sites for hydroxylation is 1. The monoisotopic (exact) mass is 263 g/mol. The molecule has 5 heteroatoms. The molecule has 96 valence electrons. The summed E-state index contributed by atoms with van der Waals surface area (Å²) in [4.78, 5) is 4.40. The topological polar surface area (TPSA) is 61.8 Å². The van der Waals surface area contributed by atoms with Gasteiger partial charge in [0.2, 0.25) is 5.16 Å². The fourth-order valence-corrected chi connectivity index (χ4v) is 2.14. The highest BCUT2D eigenvalue weighted by Gasteiger charge is 2.15. The average molecular weight is 263 g/mol. The van der Waals surface area contributed by atoms with E-state index in [1.165, 1.54) is 17.3 Å². The van der Waals surface area contributed by atoms with E-state index in [4.69, 9.17) is 0 Å². The van der Waals surface area contributed by atoms with Crippen molar-refractivity contribution in [3.05, 3.63) is 29.8 Å². The zero-order chi connectivity index (χ0) is 13.2. The molecule has 2 N–H and O–H groups in total. The van der Waals surface area contributed by atoms with Gasteiger partial charge in [-0.2, -0.15) is 0 Å². The Kier molecular flexibility index (Phi) is 3.73. The summed E-state index contributed by atoms with van der Waals surface area (Å²) in [5.41, 5.74) is 1.52. The van der Waals surface area contributed by atoms with E-state index in [-0.39, 0.29) is 0 Å². The van der Waals surface area contributed by atoms with Crippen LogP contribution in [0.3, 0.4) is 0 Å². The van der Waals surface area contributed by atoms with Crippen LogP contribution in [0.25, 0.3) is 11.4 Å². The highest BCUT2D eigenvalue weighted by atomic mass is 32.2. The molecule has 0 fully saturated rings. The predicted molar refractivity (Wildman–Crippen MR) is 73.6 cm³/mol. The highest BCUT2D eigenvalue weighted by molar-refractivity contribution is 7.99. The number of benzene rings is 1. The molecule has 0 radical (unpaired) electrons. The molecule has 1 aromatic heterocycles. The van der Waals surface area contributed by atoms with Crippen molar-refractivity contribution in [3.63, 3.8) is 0 Å².